The highest BCUT2D eigenvalue weighted by molar-refractivity contribution is 5.76. The van der Waals surface area contributed by atoms with Gasteiger partial charge in [0, 0.05) is 43.2 Å². The summed E-state index contributed by atoms with van der Waals surface area (Å²) >= 11 is 0. The fraction of sp³-hybridized carbons (Fsp3) is 0.720. The van der Waals surface area contributed by atoms with Gasteiger partial charge in [-0.2, -0.15) is 0 Å². The van der Waals surface area contributed by atoms with Crippen LogP contribution in [0.15, 0.2) is 24.3 Å². The molecule has 4 nitrogen and oxygen atoms in total. The molecule has 0 amide bonds. The molecule has 1 saturated carbocycles. The van der Waals surface area contributed by atoms with Gasteiger partial charge in [0.25, 0.3) is 0 Å². The van der Waals surface area contributed by atoms with E-state index in [-0.39, 0.29) is 0 Å². The van der Waals surface area contributed by atoms with Gasteiger partial charge in [0.05, 0.1) is 11.0 Å². The third kappa shape index (κ3) is 3.23. The van der Waals surface area contributed by atoms with E-state index in [1.807, 2.05) is 0 Å². The van der Waals surface area contributed by atoms with E-state index >= 15 is 0 Å². The molecule has 1 N–H and O–H groups in total. The maximum atomic E-state index is 5.12. The normalized spacial score (nSPS) is 32.2. The molecule has 3 aliphatic heterocycles. The zero-order valence-corrected chi connectivity index (χ0v) is 17.7. The maximum Gasteiger partial charge on any atom is 0.115 e. The van der Waals surface area contributed by atoms with Gasteiger partial charge in [-0.15, -0.1) is 0 Å². The van der Waals surface area contributed by atoms with E-state index in [2.05, 4.69) is 39.0 Å². The second kappa shape index (κ2) is 7.70. The summed E-state index contributed by atoms with van der Waals surface area (Å²) in [5.41, 5.74) is 2.57. The van der Waals surface area contributed by atoms with Crippen molar-refractivity contribution in [1.29, 1.82) is 0 Å². The molecule has 2 bridgehead atoms. The number of piperidine rings is 1. The van der Waals surface area contributed by atoms with E-state index in [1.165, 1.54) is 87.5 Å². The average molecular weight is 393 g/mol. The van der Waals surface area contributed by atoms with Crippen molar-refractivity contribution >= 4 is 11.0 Å². The molecule has 6 rings (SSSR count). The number of aromatic nitrogens is 2. The topological polar surface area (TPSA) is 33.1 Å². The highest BCUT2D eigenvalue weighted by atomic mass is 15.3. The second-order valence-corrected chi connectivity index (χ2v) is 10.1. The first-order valence-corrected chi connectivity index (χ1v) is 12.3. The molecule has 2 unspecified atom stereocenters. The van der Waals surface area contributed by atoms with E-state index in [0.717, 1.165) is 31.2 Å². The van der Waals surface area contributed by atoms with Crippen LogP contribution in [-0.4, -0.2) is 45.7 Å². The van der Waals surface area contributed by atoms with E-state index < -0.39 is 0 Å². The van der Waals surface area contributed by atoms with Crippen molar-refractivity contribution in [1.82, 2.24) is 19.8 Å². The smallest absolute Gasteiger partial charge is 0.115 e. The van der Waals surface area contributed by atoms with Crippen molar-refractivity contribution < 1.29 is 0 Å². The van der Waals surface area contributed by atoms with Crippen LogP contribution < -0.4 is 5.32 Å². The standard InChI is InChI=1S/C25H36N4/c1-2-4-8-19(9-5-3-1)28-20-12-13-21(28)15-22(14-20)29-24-11-7-6-10-23(24)27-25(29)18-16-26-17-18/h6-7,10-11,18-22,26H,1-5,8-9,12-17H2. The van der Waals surface area contributed by atoms with Gasteiger partial charge in [-0.3, -0.25) is 4.90 Å². The first-order chi connectivity index (χ1) is 14.4. The van der Waals surface area contributed by atoms with Gasteiger partial charge in [0.2, 0.25) is 0 Å². The number of nitrogens with one attached hydrogen (secondary N) is 1. The SMILES string of the molecule is c1ccc2c(c1)nc(C1CNC1)n2C1CC2CCC(C1)N2C1CCCCCCC1. The first kappa shape index (κ1) is 18.4. The Kier molecular flexibility index (Phi) is 4.88. The highest BCUT2D eigenvalue weighted by Crippen LogP contribution is 2.45. The van der Waals surface area contributed by atoms with E-state index in [9.17, 15) is 0 Å². The third-order valence-electron chi connectivity index (χ3n) is 8.40. The van der Waals surface area contributed by atoms with Crippen LogP contribution in [0.1, 0.15) is 88.4 Å². The number of nitrogens with zero attached hydrogens (tertiary/aromatic N) is 3. The predicted octanol–water partition coefficient (Wildman–Crippen LogP) is 5.00. The van der Waals surface area contributed by atoms with E-state index in [0.29, 0.717) is 12.0 Å². The molecule has 4 heterocycles. The fourth-order valence-corrected chi connectivity index (χ4v) is 6.93. The van der Waals surface area contributed by atoms with Crippen LogP contribution in [0.25, 0.3) is 11.0 Å². The molecular formula is C25H36N4. The van der Waals surface area contributed by atoms with Crippen molar-refractivity contribution in [3.8, 4) is 0 Å². The van der Waals surface area contributed by atoms with Gasteiger partial charge in [-0.25, -0.2) is 4.98 Å². The van der Waals surface area contributed by atoms with Crippen molar-refractivity contribution in [3.63, 3.8) is 0 Å². The molecule has 29 heavy (non-hydrogen) atoms. The van der Waals surface area contributed by atoms with E-state index in [1.54, 1.807) is 0 Å². The largest absolute Gasteiger partial charge is 0.324 e. The number of hydrogen-bond donors (Lipinski definition) is 1. The number of imidazole rings is 1. The fourth-order valence-electron chi connectivity index (χ4n) is 6.93. The number of fused-ring (bicyclic) bond motifs is 3. The molecule has 4 fully saturated rings. The summed E-state index contributed by atoms with van der Waals surface area (Å²) in [5, 5.41) is 3.46. The van der Waals surface area contributed by atoms with Gasteiger partial charge in [0.15, 0.2) is 0 Å². The average Bonchev–Trinajstić information content (AvgIpc) is 3.15. The molecular weight excluding hydrogens is 356 g/mol. The Morgan fingerprint density at radius 2 is 1.45 bits per heavy atom. The Balaban J connectivity index is 1.29. The number of benzene rings is 1. The van der Waals surface area contributed by atoms with Crippen LogP contribution in [-0.2, 0) is 0 Å². The summed E-state index contributed by atoms with van der Waals surface area (Å²) in [7, 11) is 0. The van der Waals surface area contributed by atoms with Crippen LogP contribution in [0.2, 0.25) is 0 Å². The maximum absolute atomic E-state index is 5.12. The van der Waals surface area contributed by atoms with Crippen LogP contribution in [0.3, 0.4) is 0 Å². The molecule has 1 aromatic heterocycles. The molecule has 0 spiro atoms. The molecule has 1 aliphatic carbocycles. The molecule has 2 atom stereocenters. The minimum Gasteiger partial charge on any atom is -0.324 e. The molecule has 4 aliphatic rings. The van der Waals surface area contributed by atoms with Gasteiger partial charge >= 0.3 is 0 Å². The Bertz CT molecular complexity index is 832. The quantitative estimate of drug-likeness (QED) is 0.797. The Morgan fingerprint density at radius 1 is 0.759 bits per heavy atom. The van der Waals surface area contributed by atoms with Gasteiger partial charge in [0.1, 0.15) is 5.82 Å². The summed E-state index contributed by atoms with van der Waals surface area (Å²) in [6, 6.07) is 12.0. The Hall–Kier alpha value is -1.39. The molecule has 156 valence electrons. The van der Waals surface area contributed by atoms with Crippen LogP contribution in [0, 0.1) is 0 Å². The summed E-state index contributed by atoms with van der Waals surface area (Å²) in [5.74, 6) is 1.96. The highest BCUT2D eigenvalue weighted by Gasteiger charge is 2.45. The summed E-state index contributed by atoms with van der Waals surface area (Å²) in [6.07, 6.45) is 15.7. The minimum absolute atomic E-state index is 0.601. The summed E-state index contributed by atoms with van der Waals surface area (Å²) in [6.45, 7) is 2.19. The zero-order valence-electron chi connectivity index (χ0n) is 17.7. The lowest BCUT2D eigenvalue weighted by molar-refractivity contribution is 0.0494. The lowest BCUT2D eigenvalue weighted by atomic mass is 9.89. The Morgan fingerprint density at radius 3 is 2.14 bits per heavy atom. The van der Waals surface area contributed by atoms with Crippen molar-refractivity contribution in [3.05, 3.63) is 30.1 Å². The zero-order chi connectivity index (χ0) is 19.2. The minimum atomic E-state index is 0.601. The van der Waals surface area contributed by atoms with Gasteiger partial charge < -0.3 is 9.88 Å². The van der Waals surface area contributed by atoms with Gasteiger partial charge in [-0.1, -0.05) is 44.2 Å². The second-order valence-electron chi connectivity index (χ2n) is 10.1. The lowest BCUT2D eigenvalue weighted by Gasteiger charge is -2.45. The summed E-state index contributed by atoms with van der Waals surface area (Å²) in [4.78, 5) is 8.14. The predicted molar refractivity (Wildman–Crippen MR) is 118 cm³/mol. The monoisotopic (exact) mass is 392 g/mol. The van der Waals surface area contributed by atoms with Crippen LogP contribution in [0.5, 0.6) is 0 Å². The third-order valence-corrected chi connectivity index (χ3v) is 8.40. The molecule has 1 aromatic carbocycles. The molecule has 2 aromatic rings. The Labute approximate surface area is 175 Å². The molecule has 4 heteroatoms. The van der Waals surface area contributed by atoms with Gasteiger partial charge in [-0.05, 0) is 50.7 Å². The van der Waals surface area contributed by atoms with Crippen LogP contribution >= 0.6 is 0 Å². The molecule has 0 radical (unpaired) electrons. The van der Waals surface area contributed by atoms with E-state index in [4.69, 9.17) is 4.98 Å². The van der Waals surface area contributed by atoms with Crippen molar-refractivity contribution in [2.45, 2.75) is 101 Å². The van der Waals surface area contributed by atoms with Crippen molar-refractivity contribution in [2.75, 3.05) is 13.1 Å². The summed E-state index contributed by atoms with van der Waals surface area (Å²) < 4.78 is 2.68. The molecule has 3 saturated heterocycles. The van der Waals surface area contributed by atoms with Crippen LogP contribution in [0.4, 0.5) is 0 Å². The number of hydrogen-bond acceptors (Lipinski definition) is 3. The number of rotatable bonds is 3. The lowest BCUT2D eigenvalue weighted by Crippen LogP contribution is -2.49. The van der Waals surface area contributed by atoms with Crippen molar-refractivity contribution in [2.24, 2.45) is 0 Å². The first-order valence-electron chi connectivity index (χ1n) is 12.3. The number of para-hydroxylation sites is 2.